The number of aromatic amines is 1. The lowest BCUT2D eigenvalue weighted by Crippen LogP contribution is -2.10. The van der Waals surface area contributed by atoms with Crippen LogP contribution in [-0.4, -0.2) is 14.9 Å². The lowest BCUT2D eigenvalue weighted by molar-refractivity contribution is 0.584. The Hall–Kier alpha value is -1.76. The fourth-order valence-electron chi connectivity index (χ4n) is 1.19. The average molecular weight is 228 g/mol. The van der Waals surface area contributed by atoms with E-state index in [1.807, 2.05) is 0 Å². The highest BCUT2D eigenvalue weighted by Gasteiger charge is 2.09. The molecule has 0 atom stereocenters. The second kappa shape index (κ2) is 3.43. The van der Waals surface area contributed by atoms with E-state index < -0.39 is 11.6 Å². The second-order valence-electron chi connectivity index (χ2n) is 2.88. The predicted octanol–water partition coefficient (Wildman–Crippen LogP) is 1.60. The number of H-pyrrole nitrogens is 1. The number of halogens is 2. The van der Waals surface area contributed by atoms with Gasteiger partial charge in [0.2, 0.25) is 4.77 Å². The molecule has 0 saturated heterocycles. The van der Waals surface area contributed by atoms with Gasteiger partial charge in [0.1, 0.15) is 11.6 Å². The number of hydrogen-bond acceptors (Lipinski definition) is 3. The Bertz CT molecular complexity index is 540. The second-order valence-corrected chi connectivity index (χ2v) is 3.27. The highest BCUT2D eigenvalue weighted by atomic mass is 32.1. The molecule has 0 saturated carbocycles. The lowest BCUT2D eigenvalue weighted by Gasteiger charge is -2.00. The summed E-state index contributed by atoms with van der Waals surface area (Å²) in [5.41, 5.74) is 0.224. The molecule has 78 valence electrons. The van der Waals surface area contributed by atoms with Crippen LogP contribution in [0.3, 0.4) is 0 Å². The summed E-state index contributed by atoms with van der Waals surface area (Å²) in [5.74, 6) is 4.30. The van der Waals surface area contributed by atoms with Crippen molar-refractivity contribution < 1.29 is 8.78 Å². The molecule has 0 unspecified atom stereocenters. The number of nitrogens with one attached hydrogen (secondary N) is 1. The van der Waals surface area contributed by atoms with Gasteiger partial charge >= 0.3 is 0 Å². The molecule has 1 aromatic heterocycles. The molecule has 0 aliphatic heterocycles. The van der Waals surface area contributed by atoms with Crippen molar-refractivity contribution in [1.29, 1.82) is 0 Å². The molecule has 0 fully saturated rings. The van der Waals surface area contributed by atoms with Gasteiger partial charge in [-0.25, -0.2) is 18.6 Å². The number of nitrogens with two attached hydrogens (primary N) is 1. The van der Waals surface area contributed by atoms with Crippen molar-refractivity contribution in [3.8, 4) is 11.4 Å². The normalized spacial score (nSPS) is 10.5. The molecule has 1 aromatic carbocycles. The zero-order valence-electron chi connectivity index (χ0n) is 7.37. The summed E-state index contributed by atoms with van der Waals surface area (Å²) in [6, 6.07) is 3.01. The third-order valence-corrected chi connectivity index (χ3v) is 2.11. The first-order valence-electron chi connectivity index (χ1n) is 3.97. The first kappa shape index (κ1) is 9.78. The van der Waals surface area contributed by atoms with Crippen molar-refractivity contribution in [2.45, 2.75) is 0 Å². The molecule has 3 N–H and O–H groups in total. The largest absolute Gasteiger partial charge is 0.335 e. The van der Waals surface area contributed by atoms with Gasteiger partial charge < -0.3 is 5.84 Å². The van der Waals surface area contributed by atoms with Gasteiger partial charge in [0, 0.05) is 11.6 Å². The van der Waals surface area contributed by atoms with E-state index in [1.165, 1.54) is 0 Å². The SMILES string of the molecule is Nn1c(-c2cc(F)cc(F)c2)n[nH]c1=S. The number of benzene rings is 1. The number of hydrogen-bond donors (Lipinski definition) is 2. The molecular formula is C8H6F2N4S. The van der Waals surface area contributed by atoms with Crippen LogP contribution in [-0.2, 0) is 0 Å². The van der Waals surface area contributed by atoms with E-state index in [4.69, 9.17) is 18.1 Å². The monoisotopic (exact) mass is 228 g/mol. The molecule has 0 amide bonds. The Morgan fingerprint density at radius 2 is 1.87 bits per heavy atom. The summed E-state index contributed by atoms with van der Waals surface area (Å²) in [6.07, 6.45) is 0. The number of rotatable bonds is 1. The van der Waals surface area contributed by atoms with Crippen LogP contribution in [0.4, 0.5) is 8.78 Å². The third kappa shape index (κ3) is 1.73. The minimum absolute atomic E-state index is 0.176. The molecule has 1 heterocycles. The molecular weight excluding hydrogens is 222 g/mol. The van der Waals surface area contributed by atoms with Gasteiger partial charge in [0.25, 0.3) is 0 Å². The van der Waals surface area contributed by atoms with Crippen LogP contribution in [0, 0.1) is 16.4 Å². The van der Waals surface area contributed by atoms with E-state index in [-0.39, 0.29) is 16.2 Å². The summed E-state index contributed by atoms with van der Waals surface area (Å²) >= 11 is 4.77. The Morgan fingerprint density at radius 1 is 1.27 bits per heavy atom. The van der Waals surface area contributed by atoms with Gasteiger partial charge in [-0.15, -0.1) is 0 Å². The van der Waals surface area contributed by atoms with Crippen LogP contribution in [0.25, 0.3) is 11.4 Å². The summed E-state index contributed by atoms with van der Waals surface area (Å²) in [7, 11) is 0. The van der Waals surface area contributed by atoms with Crippen molar-refractivity contribution in [2.75, 3.05) is 5.84 Å². The number of nitrogen functional groups attached to an aromatic ring is 1. The molecule has 0 spiro atoms. The molecule has 2 rings (SSSR count). The Kier molecular flexibility index (Phi) is 2.24. The Morgan fingerprint density at radius 3 is 2.33 bits per heavy atom. The first-order valence-corrected chi connectivity index (χ1v) is 4.38. The fourth-order valence-corrected chi connectivity index (χ4v) is 1.32. The Balaban J connectivity index is 2.63. The minimum Gasteiger partial charge on any atom is -0.335 e. The van der Waals surface area contributed by atoms with Gasteiger partial charge in [0.05, 0.1) is 0 Å². The topological polar surface area (TPSA) is 59.6 Å². The zero-order chi connectivity index (χ0) is 11.0. The smallest absolute Gasteiger partial charge is 0.214 e. The molecule has 0 aliphatic rings. The third-order valence-electron chi connectivity index (χ3n) is 1.83. The maximum atomic E-state index is 12.9. The van der Waals surface area contributed by atoms with E-state index in [0.717, 1.165) is 22.9 Å². The van der Waals surface area contributed by atoms with E-state index in [0.29, 0.717) is 0 Å². The zero-order valence-corrected chi connectivity index (χ0v) is 8.18. The maximum absolute atomic E-state index is 12.9. The van der Waals surface area contributed by atoms with Crippen LogP contribution in [0.1, 0.15) is 0 Å². The highest BCUT2D eigenvalue weighted by Crippen LogP contribution is 2.18. The van der Waals surface area contributed by atoms with Crippen LogP contribution in [0.5, 0.6) is 0 Å². The molecule has 0 aliphatic carbocycles. The fraction of sp³-hybridized carbons (Fsp3) is 0. The molecule has 7 heteroatoms. The van der Waals surface area contributed by atoms with Gasteiger partial charge in [-0.3, -0.25) is 0 Å². The van der Waals surface area contributed by atoms with E-state index in [1.54, 1.807) is 0 Å². The molecule has 0 bridgehead atoms. The summed E-state index contributed by atoms with van der Waals surface area (Å²) in [4.78, 5) is 0. The van der Waals surface area contributed by atoms with Gasteiger partial charge in [-0.05, 0) is 24.4 Å². The summed E-state index contributed by atoms with van der Waals surface area (Å²) < 4.78 is 27.0. The van der Waals surface area contributed by atoms with E-state index in [9.17, 15) is 8.78 Å². The predicted molar refractivity (Wildman–Crippen MR) is 52.9 cm³/mol. The van der Waals surface area contributed by atoms with E-state index in [2.05, 4.69) is 10.2 Å². The minimum atomic E-state index is -0.695. The van der Waals surface area contributed by atoms with Crippen molar-refractivity contribution in [2.24, 2.45) is 0 Å². The highest BCUT2D eigenvalue weighted by molar-refractivity contribution is 7.71. The van der Waals surface area contributed by atoms with Crippen molar-refractivity contribution in [1.82, 2.24) is 14.9 Å². The quantitative estimate of drug-likeness (QED) is 0.575. The first-order chi connectivity index (χ1) is 7.08. The van der Waals surface area contributed by atoms with Gasteiger partial charge in [-0.2, -0.15) is 5.10 Å². The Labute approximate surface area is 88.3 Å². The van der Waals surface area contributed by atoms with Crippen molar-refractivity contribution >= 4 is 12.2 Å². The van der Waals surface area contributed by atoms with Crippen LogP contribution in [0.2, 0.25) is 0 Å². The lowest BCUT2D eigenvalue weighted by atomic mass is 10.2. The standard InChI is InChI=1S/C8H6F2N4S/c9-5-1-4(2-6(10)3-5)7-12-13-8(15)14(7)11/h1-3H,11H2,(H,13,15). The van der Waals surface area contributed by atoms with Gasteiger partial charge in [-0.1, -0.05) is 0 Å². The van der Waals surface area contributed by atoms with Crippen molar-refractivity contribution in [3.05, 3.63) is 34.6 Å². The maximum Gasteiger partial charge on any atom is 0.214 e. The summed E-state index contributed by atoms with van der Waals surface area (Å²) in [6.45, 7) is 0. The summed E-state index contributed by atoms with van der Waals surface area (Å²) in [5, 5.41) is 6.18. The average Bonchev–Trinajstić information content (AvgIpc) is 2.46. The molecule has 4 nitrogen and oxygen atoms in total. The van der Waals surface area contributed by atoms with Gasteiger partial charge in [0.15, 0.2) is 5.82 Å². The molecule has 0 radical (unpaired) electrons. The van der Waals surface area contributed by atoms with E-state index >= 15 is 0 Å². The molecule has 15 heavy (non-hydrogen) atoms. The van der Waals surface area contributed by atoms with Crippen LogP contribution in [0.15, 0.2) is 18.2 Å². The number of nitrogens with zero attached hydrogens (tertiary/aromatic N) is 2. The molecule has 2 aromatic rings. The van der Waals surface area contributed by atoms with Crippen LogP contribution >= 0.6 is 12.2 Å². The van der Waals surface area contributed by atoms with Crippen LogP contribution < -0.4 is 5.84 Å². The number of aromatic nitrogens is 3. The van der Waals surface area contributed by atoms with Crippen molar-refractivity contribution in [3.63, 3.8) is 0 Å².